The van der Waals surface area contributed by atoms with Crippen LogP contribution in [0, 0.1) is 0 Å². The van der Waals surface area contributed by atoms with Crippen molar-refractivity contribution in [2.24, 2.45) is 0 Å². The van der Waals surface area contributed by atoms with Gasteiger partial charge in [-0.15, -0.1) is 0 Å². The van der Waals surface area contributed by atoms with Gasteiger partial charge in [-0.3, -0.25) is 9.48 Å². The Morgan fingerprint density at radius 2 is 2.15 bits per heavy atom. The molecule has 1 N–H and O–H groups in total. The van der Waals surface area contributed by atoms with Crippen LogP contribution in [0.4, 0.5) is 0 Å². The van der Waals surface area contributed by atoms with Crippen LogP contribution in [-0.4, -0.2) is 21.7 Å². The van der Waals surface area contributed by atoms with E-state index < -0.39 is 0 Å². The Hall–Kier alpha value is -1.58. The molecule has 0 spiro atoms. The lowest BCUT2D eigenvalue weighted by Crippen LogP contribution is -2.35. The molecule has 0 saturated heterocycles. The zero-order valence-electron chi connectivity index (χ0n) is 12.2. The highest BCUT2D eigenvalue weighted by Crippen LogP contribution is 2.21. The number of nitrogens with one attached hydrogen (secondary N) is 1. The van der Waals surface area contributed by atoms with Gasteiger partial charge in [0.25, 0.3) is 5.91 Å². The summed E-state index contributed by atoms with van der Waals surface area (Å²) in [7, 11) is 0. The molecule has 1 unspecified atom stereocenters. The molecule has 1 aliphatic heterocycles. The Balaban J connectivity index is 1.70. The molecule has 1 aromatic rings. The molecule has 4 nitrogen and oxygen atoms in total. The van der Waals surface area contributed by atoms with Crippen LogP contribution in [0.3, 0.4) is 0 Å². The van der Waals surface area contributed by atoms with Gasteiger partial charge in [-0.25, -0.2) is 0 Å². The van der Waals surface area contributed by atoms with Gasteiger partial charge >= 0.3 is 0 Å². The maximum atomic E-state index is 12.4. The zero-order valence-corrected chi connectivity index (χ0v) is 12.2. The van der Waals surface area contributed by atoms with Crippen molar-refractivity contribution in [3.05, 3.63) is 29.1 Å². The molecule has 3 rings (SSSR count). The molecule has 2 heterocycles. The van der Waals surface area contributed by atoms with Crippen LogP contribution >= 0.6 is 0 Å². The Kier molecular flexibility index (Phi) is 3.90. The van der Waals surface area contributed by atoms with Crippen molar-refractivity contribution in [3.63, 3.8) is 0 Å². The summed E-state index contributed by atoms with van der Waals surface area (Å²) in [4.78, 5) is 12.4. The number of amides is 1. The van der Waals surface area contributed by atoms with E-state index >= 15 is 0 Å². The summed E-state index contributed by atoms with van der Waals surface area (Å²) in [6.07, 6.45) is 12.1. The van der Waals surface area contributed by atoms with Crippen LogP contribution in [0.2, 0.25) is 0 Å². The van der Waals surface area contributed by atoms with Crippen molar-refractivity contribution in [1.82, 2.24) is 15.1 Å². The number of nitrogens with zero attached hydrogens (tertiary/aromatic N) is 2. The van der Waals surface area contributed by atoms with Crippen molar-refractivity contribution in [2.45, 2.75) is 64.5 Å². The lowest BCUT2D eigenvalue weighted by Gasteiger charge is -2.21. The minimum absolute atomic E-state index is 0.0344. The number of rotatable bonds is 3. The van der Waals surface area contributed by atoms with Crippen molar-refractivity contribution in [2.75, 3.05) is 0 Å². The lowest BCUT2D eigenvalue weighted by atomic mass is 9.94. The van der Waals surface area contributed by atoms with Gasteiger partial charge in [-0.1, -0.05) is 11.6 Å². The SMILES string of the molecule is CC(NC(=O)c1cnn2c1CCCC2)C1=CCCCC1. The summed E-state index contributed by atoms with van der Waals surface area (Å²) in [5.74, 6) is 0.0344. The fraction of sp³-hybridized carbons (Fsp3) is 0.625. The number of carbonyl (C=O) groups excluding carboxylic acids is 1. The summed E-state index contributed by atoms with van der Waals surface area (Å²) in [6, 6.07) is 0.141. The Bertz CT molecular complexity index is 530. The van der Waals surface area contributed by atoms with E-state index in [2.05, 4.69) is 23.4 Å². The van der Waals surface area contributed by atoms with Crippen LogP contribution in [-0.2, 0) is 13.0 Å². The molecule has 0 fully saturated rings. The topological polar surface area (TPSA) is 46.9 Å². The van der Waals surface area contributed by atoms with E-state index in [1.54, 1.807) is 6.20 Å². The Morgan fingerprint density at radius 1 is 1.30 bits per heavy atom. The molecule has 0 saturated carbocycles. The highest BCUT2D eigenvalue weighted by molar-refractivity contribution is 5.95. The maximum absolute atomic E-state index is 12.4. The number of aryl methyl sites for hydroxylation is 1. The second kappa shape index (κ2) is 5.81. The summed E-state index contributed by atoms with van der Waals surface area (Å²) in [6.45, 7) is 3.04. The summed E-state index contributed by atoms with van der Waals surface area (Å²) < 4.78 is 1.99. The second-order valence-electron chi connectivity index (χ2n) is 5.91. The number of aromatic nitrogens is 2. The van der Waals surface area contributed by atoms with Crippen molar-refractivity contribution in [1.29, 1.82) is 0 Å². The van der Waals surface area contributed by atoms with Gasteiger partial charge < -0.3 is 5.32 Å². The van der Waals surface area contributed by atoms with Crippen LogP contribution in [0.5, 0.6) is 0 Å². The van der Waals surface area contributed by atoms with Crippen molar-refractivity contribution in [3.8, 4) is 0 Å². The normalized spacial score (nSPS) is 19.9. The van der Waals surface area contributed by atoms with E-state index in [0.717, 1.165) is 43.5 Å². The molecule has 108 valence electrons. The standard InChI is InChI=1S/C16H23N3O/c1-12(13-7-3-2-4-8-13)18-16(20)14-11-17-19-10-6-5-9-15(14)19/h7,11-12H,2-6,8-10H2,1H3,(H,18,20). The van der Waals surface area contributed by atoms with Gasteiger partial charge in [-0.05, 0) is 51.9 Å². The maximum Gasteiger partial charge on any atom is 0.255 e. The summed E-state index contributed by atoms with van der Waals surface area (Å²) in [5.41, 5.74) is 3.26. The molecule has 0 radical (unpaired) electrons. The molecule has 1 atom stereocenters. The molecule has 0 aromatic carbocycles. The highest BCUT2D eigenvalue weighted by Gasteiger charge is 2.21. The first kappa shape index (κ1) is 13.4. The molecular weight excluding hydrogens is 250 g/mol. The predicted octanol–water partition coefficient (Wildman–Crippen LogP) is 2.84. The summed E-state index contributed by atoms with van der Waals surface area (Å²) >= 11 is 0. The van der Waals surface area contributed by atoms with Gasteiger partial charge in [0.2, 0.25) is 0 Å². The van der Waals surface area contributed by atoms with E-state index in [1.165, 1.54) is 24.8 Å². The molecule has 1 amide bonds. The molecule has 1 aromatic heterocycles. The minimum atomic E-state index is 0.0344. The molecule has 0 bridgehead atoms. The lowest BCUT2D eigenvalue weighted by molar-refractivity contribution is 0.0943. The predicted molar refractivity (Wildman–Crippen MR) is 78.6 cm³/mol. The largest absolute Gasteiger partial charge is 0.346 e. The number of carbonyl (C=O) groups is 1. The first-order chi connectivity index (χ1) is 9.75. The van der Waals surface area contributed by atoms with Crippen molar-refractivity contribution >= 4 is 5.91 Å². The summed E-state index contributed by atoms with van der Waals surface area (Å²) in [5, 5.41) is 7.48. The Morgan fingerprint density at radius 3 is 2.95 bits per heavy atom. The third kappa shape index (κ3) is 2.65. The van der Waals surface area contributed by atoms with Crippen LogP contribution in [0.15, 0.2) is 17.8 Å². The van der Waals surface area contributed by atoms with E-state index in [0.29, 0.717) is 0 Å². The van der Waals surface area contributed by atoms with E-state index in [-0.39, 0.29) is 11.9 Å². The van der Waals surface area contributed by atoms with E-state index in [1.807, 2.05) is 4.68 Å². The number of fused-ring (bicyclic) bond motifs is 1. The van der Waals surface area contributed by atoms with Crippen LogP contribution in [0.1, 0.15) is 61.5 Å². The first-order valence-corrected chi connectivity index (χ1v) is 7.80. The van der Waals surface area contributed by atoms with Gasteiger partial charge in [0.1, 0.15) is 0 Å². The van der Waals surface area contributed by atoms with Gasteiger partial charge in [0.05, 0.1) is 17.5 Å². The van der Waals surface area contributed by atoms with Gasteiger partial charge in [0.15, 0.2) is 0 Å². The number of hydrogen-bond donors (Lipinski definition) is 1. The molecule has 4 heteroatoms. The second-order valence-corrected chi connectivity index (χ2v) is 5.91. The van der Waals surface area contributed by atoms with E-state index in [9.17, 15) is 4.79 Å². The molecule has 20 heavy (non-hydrogen) atoms. The third-order valence-electron chi connectivity index (χ3n) is 4.46. The fourth-order valence-electron chi connectivity index (χ4n) is 3.23. The minimum Gasteiger partial charge on any atom is -0.346 e. The molecule has 2 aliphatic rings. The van der Waals surface area contributed by atoms with Crippen LogP contribution < -0.4 is 5.32 Å². The smallest absolute Gasteiger partial charge is 0.255 e. The molecule has 1 aliphatic carbocycles. The molecular formula is C16H23N3O. The average molecular weight is 273 g/mol. The Labute approximate surface area is 120 Å². The van der Waals surface area contributed by atoms with E-state index in [4.69, 9.17) is 0 Å². The van der Waals surface area contributed by atoms with Gasteiger partial charge in [-0.2, -0.15) is 5.10 Å². The zero-order chi connectivity index (χ0) is 13.9. The monoisotopic (exact) mass is 273 g/mol. The van der Waals surface area contributed by atoms with Crippen molar-refractivity contribution < 1.29 is 4.79 Å². The van der Waals surface area contributed by atoms with Gasteiger partial charge in [0, 0.05) is 12.6 Å². The quantitative estimate of drug-likeness (QED) is 0.861. The van der Waals surface area contributed by atoms with Crippen LogP contribution in [0.25, 0.3) is 0 Å². The number of allylic oxidation sites excluding steroid dienone is 1. The third-order valence-corrected chi connectivity index (χ3v) is 4.46. The average Bonchev–Trinajstić information content (AvgIpc) is 2.92. The number of hydrogen-bond acceptors (Lipinski definition) is 2. The first-order valence-electron chi connectivity index (χ1n) is 7.80. The highest BCUT2D eigenvalue weighted by atomic mass is 16.1. The fourth-order valence-corrected chi connectivity index (χ4v) is 3.23.